The number of piperidine rings is 1. The van der Waals surface area contributed by atoms with Crippen LogP contribution in [0.2, 0.25) is 0 Å². The number of carbonyl (C=O) groups excluding carboxylic acids is 1. The van der Waals surface area contributed by atoms with Gasteiger partial charge in [0, 0.05) is 12.5 Å². The number of carbonyl (C=O) groups is 1. The van der Waals surface area contributed by atoms with E-state index in [9.17, 15) is 9.90 Å². The van der Waals surface area contributed by atoms with Gasteiger partial charge in [0.05, 0.1) is 24.9 Å². The van der Waals surface area contributed by atoms with Crippen LogP contribution in [0.5, 0.6) is 0 Å². The van der Waals surface area contributed by atoms with Crippen molar-refractivity contribution < 1.29 is 14.6 Å². The zero-order chi connectivity index (χ0) is 15.5. The van der Waals surface area contributed by atoms with Crippen molar-refractivity contribution in [2.45, 2.75) is 37.3 Å². The maximum Gasteiger partial charge on any atom is 0.269 e. The average molecular weight is 308 g/mol. The smallest absolute Gasteiger partial charge is 0.269 e. The molecule has 0 bridgehead atoms. The maximum atomic E-state index is 12.3. The second-order valence-electron chi connectivity index (χ2n) is 6.27. The molecule has 3 rings (SSSR count). The molecule has 2 atom stereocenters. The van der Waals surface area contributed by atoms with Crippen LogP contribution < -0.4 is 5.32 Å². The third kappa shape index (κ3) is 3.48. The second kappa shape index (κ2) is 6.76. The van der Waals surface area contributed by atoms with Crippen molar-refractivity contribution in [1.82, 2.24) is 20.2 Å². The minimum absolute atomic E-state index is 0.211. The molecule has 0 aliphatic carbocycles. The van der Waals surface area contributed by atoms with E-state index >= 15 is 0 Å². The molecule has 1 amide bonds. The fraction of sp³-hybridized carbons (Fsp3) is 0.733. The Kier molecular flexibility index (Phi) is 4.75. The molecule has 0 spiro atoms. The first-order chi connectivity index (χ1) is 10.6. The predicted octanol–water partition coefficient (Wildman–Crippen LogP) is 0.0985. The first kappa shape index (κ1) is 15.5. The lowest BCUT2D eigenvalue weighted by Crippen LogP contribution is -2.48. The molecule has 3 heterocycles. The molecule has 0 aromatic carbocycles. The van der Waals surface area contributed by atoms with Crippen molar-refractivity contribution in [2.24, 2.45) is 0 Å². The molecule has 1 aromatic rings. The van der Waals surface area contributed by atoms with Crippen molar-refractivity contribution in [2.75, 3.05) is 33.4 Å². The third-order valence-electron chi connectivity index (χ3n) is 4.59. The summed E-state index contributed by atoms with van der Waals surface area (Å²) in [6.45, 7) is 2.95. The highest BCUT2D eigenvalue weighted by Crippen LogP contribution is 2.25. The summed E-state index contributed by atoms with van der Waals surface area (Å²) >= 11 is 0. The summed E-state index contributed by atoms with van der Waals surface area (Å²) in [6.07, 6.45) is 3.69. The summed E-state index contributed by atoms with van der Waals surface area (Å²) in [5.74, 6) is 1.08. The fourth-order valence-electron chi connectivity index (χ4n) is 3.08. The van der Waals surface area contributed by atoms with Crippen LogP contribution in [0.4, 0.5) is 0 Å². The quantitative estimate of drug-likeness (QED) is 0.737. The van der Waals surface area contributed by atoms with Gasteiger partial charge < -0.3 is 25.0 Å². The lowest BCUT2D eigenvalue weighted by atomic mass is 9.97. The molecule has 122 valence electrons. The minimum atomic E-state index is -0.644. The van der Waals surface area contributed by atoms with Crippen molar-refractivity contribution in [3.05, 3.63) is 17.7 Å². The van der Waals surface area contributed by atoms with Gasteiger partial charge in [-0.15, -0.1) is 0 Å². The molecule has 2 fully saturated rings. The lowest BCUT2D eigenvalue weighted by molar-refractivity contribution is -0.0261. The first-order valence-corrected chi connectivity index (χ1v) is 7.93. The van der Waals surface area contributed by atoms with Gasteiger partial charge in [0.2, 0.25) is 0 Å². The van der Waals surface area contributed by atoms with Crippen LogP contribution >= 0.6 is 0 Å². The SMILES string of the molecule is CN1CCC(c2ncc(C(=O)NC3CCOCC3O)[nH]2)CC1. The van der Waals surface area contributed by atoms with Gasteiger partial charge in [-0.25, -0.2) is 4.98 Å². The van der Waals surface area contributed by atoms with Gasteiger partial charge in [-0.1, -0.05) is 0 Å². The van der Waals surface area contributed by atoms with Crippen LogP contribution in [-0.4, -0.2) is 71.4 Å². The molecule has 2 saturated heterocycles. The maximum absolute atomic E-state index is 12.3. The molecule has 2 aliphatic heterocycles. The van der Waals surface area contributed by atoms with Crippen LogP contribution in [0, 0.1) is 0 Å². The number of H-pyrrole nitrogens is 1. The summed E-state index contributed by atoms with van der Waals surface area (Å²) in [4.78, 5) is 22.1. The Bertz CT molecular complexity index is 511. The molecule has 2 unspecified atom stereocenters. The van der Waals surface area contributed by atoms with Crippen molar-refractivity contribution in [3.63, 3.8) is 0 Å². The van der Waals surface area contributed by atoms with Crippen molar-refractivity contribution in [1.29, 1.82) is 0 Å². The zero-order valence-corrected chi connectivity index (χ0v) is 12.9. The summed E-state index contributed by atoms with van der Waals surface area (Å²) in [7, 11) is 2.12. The number of nitrogens with one attached hydrogen (secondary N) is 2. The number of imidazole rings is 1. The van der Waals surface area contributed by atoms with Gasteiger partial charge >= 0.3 is 0 Å². The van der Waals surface area contributed by atoms with E-state index in [-0.39, 0.29) is 18.6 Å². The van der Waals surface area contributed by atoms with Crippen LogP contribution in [0.15, 0.2) is 6.20 Å². The van der Waals surface area contributed by atoms with Crippen LogP contribution in [0.3, 0.4) is 0 Å². The first-order valence-electron chi connectivity index (χ1n) is 7.93. The number of aromatic amines is 1. The van der Waals surface area contributed by atoms with E-state index in [0.29, 0.717) is 24.6 Å². The van der Waals surface area contributed by atoms with E-state index in [1.54, 1.807) is 6.20 Å². The van der Waals surface area contributed by atoms with Gasteiger partial charge in [-0.05, 0) is 39.4 Å². The summed E-state index contributed by atoms with van der Waals surface area (Å²) in [5.41, 5.74) is 0.465. The van der Waals surface area contributed by atoms with E-state index in [2.05, 4.69) is 27.2 Å². The molecular weight excluding hydrogens is 284 g/mol. The molecule has 22 heavy (non-hydrogen) atoms. The van der Waals surface area contributed by atoms with E-state index in [0.717, 1.165) is 31.8 Å². The number of nitrogens with zero attached hydrogens (tertiary/aromatic N) is 2. The highest BCUT2D eigenvalue weighted by molar-refractivity contribution is 5.92. The highest BCUT2D eigenvalue weighted by Gasteiger charge is 2.27. The van der Waals surface area contributed by atoms with E-state index < -0.39 is 6.10 Å². The second-order valence-corrected chi connectivity index (χ2v) is 6.27. The number of amides is 1. The van der Waals surface area contributed by atoms with Crippen LogP contribution in [0.1, 0.15) is 41.5 Å². The van der Waals surface area contributed by atoms with Crippen LogP contribution in [-0.2, 0) is 4.74 Å². The Morgan fingerprint density at radius 3 is 2.95 bits per heavy atom. The number of likely N-dealkylation sites (tertiary alicyclic amines) is 1. The van der Waals surface area contributed by atoms with Gasteiger partial charge in [0.15, 0.2) is 0 Å². The third-order valence-corrected chi connectivity index (χ3v) is 4.59. The van der Waals surface area contributed by atoms with Gasteiger partial charge in [0.1, 0.15) is 11.5 Å². The molecule has 2 aliphatic rings. The van der Waals surface area contributed by atoms with Crippen molar-refractivity contribution in [3.8, 4) is 0 Å². The number of rotatable bonds is 3. The Labute approximate surface area is 130 Å². The topological polar surface area (TPSA) is 90.5 Å². The Balaban J connectivity index is 1.59. The molecular formula is C15H24N4O3. The molecule has 0 saturated carbocycles. The van der Waals surface area contributed by atoms with Crippen LogP contribution in [0.25, 0.3) is 0 Å². The monoisotopic (exact) mass is 308 g/mol. The zero-order valence-electron chi connectivity index (χ0n) is 12.9. The number of aromatic nitrogens is 2. The minimum Gasteiger partial charge on any atom is -0.389 e. The number of aliphatic hydroxyl groups is 1. The largest absolute Gasteiger partial charge is 0.389 e. The molecule has 3 N–H and O–H groups in total. The number of hydrogen-bond donors (Lipinski definition) is 3. The number of aliphatic hydroxyl groups excluding tert-OH is 1. The van der Waals surface area contributed by atoms with Crippen molar-refractivity contribution >= 4 is 5.91 Å². The fourth-order valence-corrected chi connectivity index (χ4v) is 3.08. The number of hydrogen-bond acceptors (Lipinski definition) is 5. The van der Waals surface area contributed by atoms with Gasteiger partial charge in [0.25, 0.3) is 5.91 Å². The van der Waals surface area contributed by atoms with E-state index in [4.69, 9.17) is 4.74 Å². The number of ether oxygens (including phenoxy) is 1. The Morgan fingerprint density at radius 1 is 1.45 bits per heavy atom. The highest BCUT2D eigenvalue weighted by atomic mass is 16.5. The molecule has 7 nitrogen and oxygen atoms in total. The average Bonchev–Trinajstić information content (AvgIpc) is 3.00. The molecule has 0 radical (unpaired) electrons. The van der Waals surface area contributed by atoms with Gasteiger partial charge in [-0.2, -0.15) is 0 Å². The Hall–Kier alpha value is -1.44. The summed E-state index contributed by atoms with van der Waals surface area (Å²) in [5, 5.41) is 12.7. The van der Waals surface area contributed by atoms with E-state index in [1.165, 1.54) is 0 Å². The lowest BCUT2D eigenvalue weighted by Gasteiger charge is -2.28. The Morgan fingerprint density at radius 2 is 2.23 bits per heavy atom. The van der Waals surface area contributed by atoms with E-state index in [1.807, 2.05) is 0 Å². The summed E-state index contributed by atoms with van der Waals surface area (Å²) < 4.78 is 5.17. The normalized spacial score (nSPS) is 27.7. The predicted molar refractivity (Wildman–Crippen MR) is 80.8 cm³/mol. The summed E-state index contributed by atoms with van der Waals surface area (Å²) in [6, 6.07) is -0.253. The van der Waals surface area contributed by atoms with Gasteiger partial charge in [-0.3, -0.25) is 4.79 Å². The molecule has 1 aromatic heterocycles. The standard InChI is InChI=1S/C15H24N4O3/c1-19-5-2-10(3-6-19)14-16-8-12(17-14)15(21)18-11-4-7-22-9-13(11)20/h8,10-11,13,20H,2-7,9H2,1H3,(H,16,17)(H,18,21). The molecule has 7 heteroatoms.